The maximum atomic E-state index is 12.3. The summed E-state index contributed by atoms with van der Waals surface area (Å²) in [5.74, 6) is -0.485. The van der Waals surface area contributed by atoms with Gasteiger partial charge in [0.25, 0.3) is 0 Å². The molecule has 1 fully saturated rings. The smallest absolute Gasteiger partial charge is 0.237 e. The van der Waals surface area contributed by atoms with Gasteiger partial charge in [0, 0.05) is 6.42 Å². The van der Waals surface area contributed by atoms with Gasteiger partial charge >= 0.3 is 0 Å². The van der Waals surface area contributed by atoms with Crippen LogP contribution >= 0.6 is 0 Å². The molecule has 1 unspecified atom stereocenters. The van der Waals surface area contributed by atoms with Gasteiger partial charge in [-0.2, -0.15) is 5.21 Å². The number of benzene rings is 1. The monoisotopic (exact) mass is 257 g/mol. The zero-order valence-corrected chi connectivity index (χ0v) is 9.98. The van der Waals surface area contributed by atoms with Crippen LogP contribution in [0.3, 0.4) is 0 Å². The van der Waals surface area contributed by atoms with E-state index in [0.717, 1.165) is 5.56 Å². The molecule has 3 rings (SSSR count). The molecule has 1 N–H and O–H groups in total. The Hall–Kier alpha value is -2.57. The van der Waals surface area contributed by atoms with Crippen LogP contribution in [0.25, 0.3) is 0 Å². The average Bonchev–Trinajstić information content (AvgIpc) is 3.03. The van der Waals surface area contributed by atoms with Gasteiger partial charge in [0.2, 0.25) is 11.8 Å². The van der Waals surface area contributed by atoms with Crippen LogP contribution in [0.1, 0.15) is 23.7 Å². The topological polar surface area (TPSA) is 91.8 Å². The second kappa shape index (κ2) is 4.60. The van der Waals surface area contributed by atoms with Crippen LogP contribution in [0.4, 0.5) is 0 Å². The first kappa shape index (κ1) is 11.5. The Morgan fingerprint density at radius 1 is 1.26 bits per heavy atom. The Morgan fingerprint density at radius 2 is 2.05 bits per heavy atom. The van der Waals surface area contributed by atoms with E-state index in [2.05, 4.69) is 20.6 Å². The molecular weight excluding hydrogens is 246 g/mol. The maximum absolute atomic E-state index is 12.3. The number of nitrogens with zero attached hydrogens (tertiary/aromatic N) is 4. The molecule has 2 amide bonds. The molecule has 2 aromatic rings. The van der Waals surface area contributed by atoms with Crippen molar-refractivity contribution in [2.24, 2.45) is 0 Å². The highest BCUT2D eigenvalue weighted by molar-refractivity contribution is 6.06. The highest BCUT2D eigenvalue weighted by Gasteiger charge is 2.39. The lowest BCUT2D eigenvalue weighted by Gasteiger charge is -2.12. The number of carbonyl (C=O) groups is 2. The van der Waals surface area contributed by atoms with Crippen LogP contribution in [-0.2, 0) is 16.1 Å². The van der Waals surface area contributed by atoms with Crippen LogP contribution in [0.15, 0.2) is 30.3 Å². The molecule has 96 valence electrons. The molecular formula is C12H11N5O2. The molecule has 1 aromatic carbocycles. The molecule has 7 heteroatoms. The minimum absolute atomic E-state index is 0.0670. The van der Waals surface area contributed by atoms with Crippen molar-refractivity contribution in [3.8, 4) is 0 Å². The molecule has 1 aliphatic rings. The molecule has 1 atom stereocenters. The molecule has 0 aliphatic carbocycles. The number of amides is 2. The van der Waals surface area contributed by atoms with Gasteiger partial charge in [0.05, 0.1) is 12.5 Å². The lowest BCUT2D eigenvalue weighted by atomic mass is 9.98. The van der Waals surface area contributed by atoms with Gasteiger partial charge in [-0.15, -0.1) is 10.2 Å². The number of hydrogen-bond donors (Lipinski definition) is 1. The third-order valence-corrected chi connectivity index (χ3v) is 3.13. The van der Waals surface area contributed by atoms with E-state index < -0.39 is 5.92 Å². The summed E-state index contributed by atoms with van der Waals surface area (Å²) in [6.45, 7) is 0.0670. The fraction of sp³-hybridized carbons (Fsp3) is 0.250. The average molecular weight is 257 g/mol. The van der Waals surface area contributed by atoms with Gasteiger partial charge in [0.15, 0.2) is 5.82 Å². The van der Waals surface area contributed by atoms with Crippen molar-refractivity contribution in [2.75, 3.05) is 0 Å². The summed E-state index contributed by atoms with van der Waals surface area (Å²) in [4.78, 5) is 25.4. The van der Waals surface area contributed by atoms with E-state index in [-0.39, 0.29) is 24.8 Å². The molecule has 1 saturated heterocycles. The van der Waals surface area contributed by atoms with Crippen LogP contribution in [0.2, 0.25) is 0 Å². The van der Waals surface area contributed by atoms with Gasteiger partial charge < -0.3 is 0 Å². The van der Waals surface area contributed by atoms with Crippen molar-refractivity contribution in [2.45, 2.75) is 18.9 Å². The molecule has 19 heavy (non-hydrogen) atoms. The van der Waals surface area contributed by atoms with E-state index in [1.807, 2.05) is 30.3 Å². The number of imide groups is 1. The molecule has 0 spiro atoms. The first-order chi connectivity index (χ1) is 9.25. The highest BCUT2D eigenvalue weighted by Crippen LogP contribution is 2.29. The number of rotatable bonds is 3. The summed E-state index contributed by atoms with van der Waals surface area (Å²) in [7, 11) is 0. The normalized spacial score (nSPS) is 19.2. The van der Waals surface area contributed by atoms with Crippen LogP contribution in [0.5, 0.6) is 0 Å². The van der Waals surface area contributed by atoms with Crippen molar-refractivity contribution in [3.05, 3.63) is 41.7 Å². The molecule has 0 bridgehead atoms. The second-order valence-corrected chi connectivity index (χ2v) is 4.31. The van der Waals surface area contributed by atoms with E-state index >= 15 is 0 Å². The Kier molecular flexibility index (Phi) is 2.79. The minimum atomic E-state index is -0.402. The van der Waals surface area contributed by atoms with Gasteiger partial charge in [-0.25, -0.2) is 0 Å². The van der Waals surface area contributed by atoms with Crippen molar-refractivity contribution in [1.29, 1.82) is 0 Å². The fourth-order valence-electron chi connectivity index (χ4n) is 2.19. The quantitative estimate of drug-likeness (QED) is 0.795. The first-order valence-corrected chi connectivity index (χ1v) is 5.87. The number of hydrogen-bond acceptors (Lipinski definition) is 5. The summed E-state index contributed by atoms with van der Waals surface area (Å²) in [5, 5.41) is 13.2. The van der Waals surface area contributed by atoms with E-state index in [4.69, 9.17) is 0 Å². The zero-order valence-electron chi connectivity index (χ0n) is 9.98. The second-order valence-electron chi connectivity index (χ2n) is 4.31. The number of nitrogens with one attached hydrogen (secondary N) is 1. The lowest BCUT2D eigenvalue weighted by Crippen LogP contribution is -2.30. The van der Waals surface area contributed by atoms with Crippen LogP contribution in [0, 0.1) is 0 Å². The minimum Gasteiger partial charge on any atom is -0.274 e. The summed E-state index contributed by atoms with van der Waals surface area (Å²) in [6.07, 6.45) is 0.195. The molecule has 1 aromatic heterocycles. The number of carbonyl (C=O) groups excluding carboxylic acids is 2. The van der Waals surface area contributed by atoms with Crippen molar-refractivity contribution >= 4 is 11.8 Å². The number of H-pyrrole nitrogens is 1. The van der Waals surface area contributed by atoms with Crippen LogP contribution in [-0.4, -0.2) is 37.3 Å². The summed E-state index contributed by atoms with van der Waals surface area (Å²) in [5.41, 5.74) is 0.858. The fourth-order valence-corrected chi connectivity index (χ4v) is 2.19. The molecule has 0 radical (unpaired) electrons. The maximum Gasteiger partial charge on any atom is 0.237 e. The zero-order chi connectivity index (χ0) is 13.2. The van der Waals surface area contributed by atoms with E-state index in [1.165, 1.54) is 4.90 Å². The highest BCUT2D eigenvalue weighted by atomic mass is 16.2. The number of aromatic nitrogens is 4. The Balaban J connectivity index is 1.81. The Morgan fingerprint density at radius 3 is 2.74 bits per heavy atom. The third kappa shape index (κ3) is 2.10. The van der Waals surface area contributed by atoms with Crippen molar-refractivity contribution in [1.82, 2.24) is 25.5 Å². The molecule has 7 nitrogen and oxygen atoms in total. The predicted molar refractivity (Wildman–Crippen MR) is 63.5 cm³/mol. The van der Waals surface area contributed by atoms with Crippen molar-refractivity contribution < 1.29 is 9.59 Å². The van der Waals surface area contributed by atoms with E-state index in [9.17, 15) is 9.59 Å². The van der Waals surface area contributed by atoms with Gasteiger partial charge in [0.1, 0.15) is 0 Å². The van der Waals surface area contributed by atoms with E-state index in [0.29, 0.717) is 5.82 Å². The first-order valence-electron chi connectivity index (χ1n) is 5.87. The molecule has 2 heterocycles. The third-order valence-electron chi connectivity index (χ3n) is 3.13. The SMILES string of the molecule is O=C1CC(c2ccccc2)C(=O)N1Cc1nn[nH]n1. The van der Waals surface area contributed by atoms with Gasteiger partial charge in [-0.3, -0.25) is 14.5 Å². The van der Waals surface area contributed by atoms with Crippen LogP contribution < -0.4 is 0 Å². The lowest BCUT2D eigenvalue weighted by molar-refractivity contribution is -0.139. The largest absolute Gasteiger partial charge is 0.274 e. The van der Waals surface area contributed by atoms with Gasteiger partial charge in [-0.05, 0) is 5.56 Å². The summed E-state index contributed by atoms with van der Waals surface area (Å²) >= 11 is 0. The van der Waals surface area contributed by atoms with Crippen molar-refractivity contribution in [3.63, 3.8) is 0 Å². The number of tetrazole rings is 1. The van der Waals surface area contributed by atoms with E-state index in [1.54, 1.807) is 0 Å². The summed E-state index contributed by atoms with van der Waals surface area (Å²) < 4.78 is 0. The Bertz CT molecular complexity index is 596. The molecule has 1 aliphatic heterocycles. The predicted octanol–water partition coefficient (Wildman–Crippen LogP) is 0.242. The standard InChI is InChI=1S/C12H11N5O2/c18-11-6-9(8-4-2-1-3-5-8)12(19)17(11)7-10-13-15-16-14-10/h1-5,9H,6-7H2,(H,13,14,15,16). The summed E-state index contributed by atoms with van der Waals surface area (Å²) in [6, 6.07) is 9.30. The molecule has 0 saturated carbocycles. The van der Waals surface area contributed by atoms with Gasteiger partial charge in [-0.1, -0.05) is 35.5 Å². The number of likely N-dealkylation sites (tertiary alicyclic amines) is 1. The Labute approximate surface area is 108 Å². The number of aromatic amines is 1.